The van der Waals surface area contributed by atoms with E-state index in [4.69, 9.17) is 33.0 Å². The van der Waals surface area contributed by atoms with Gasteiger partial charge in [-0.1, -0.05) is 35.3 Å². The number of hydrogen-bond acceptors (Lipinski definition) is 6. The molecule has 33 heavy (non-hydrogen) atoms. The van der Waals surface area contributed by atoms with Crippen molar-refractivity contribution in [2.24, 2.45) is 0 Å². The third-order valence-corrected chi connectivity index (χ3v) is 5.75. The number of anilines is 1. The summed E-state index contributed by atoms with van der Waals surface area (Å²) in [5.41, 5.74) is -0.480. The molecule has 4 rings (SSSR count). The normalized spacial score (nSPS) is 13.2. The Kier molecular flexibility index (Phi) is 6.12. The van der Waals surface area contributed by atoms with Gasteiger partial charge in [-0.15, -0.1) is 0 Å². The zero-order valence-corrected chi connectivity index (χ0v) is 18.2. The van der Waals surface area contributed by atoms with Gasteiger partial charge in [-0.25, -0.2) is 14.4 Å². The van der Waals surface area contributed by atoms with E-state index in [0.29, 0.717) is 23.5 Å². The summed E-state index contributed by atoms with van der Waals surface area (Å²) in [6.07, 6.45) is -1.20. The second kappa shape index (κ2) is 9.00. The molecular weight excluding hydrogens is 477 g/mol. The first-order chi connectivity index (χ1) is 15.8. The number of carbonyl (C=O) groups is 2. The van der Waals surface area contributed by atoms with Crippen LogP contribution in [0.15, 0.2) is 58.3 Å². The van der Waals surface area contributed by atoms with Crippen LogP contribution < -0.4 is 20.9 Å². The van der Waals surface area contributed by atoms with Crippen LogP contribution in [0, 0.1) is 0 Å². The standard InChI is InChI=1S/C21H15Cl2N3O7/c22-15-3-1-2-12(17(15)23)10-26-18(27)16(33-21(30)31)11-25(19(26)28)14-6-4-13(5-7-14)24-8-9-32-20(24)29/h1-7,11H,8-10H2,(H,30,31). The van der Waals surface area contributed by atoms with Gasteiger partial charge in [0.05, 0.1) is 35.0 Å². The number of benzene rings is 2. The number of rotatable bonds is 5. The van der Waals surface area contributed by atoms with E-state index < -0.39 is 29.2 Å². The molecule has 2 aromatic carbocycles. The van der Waals surface area contributed by atoms with Gasteiger partial charge < -0.3 is 14.6 Å². The van der Waals surface area contributed by atoms with Crippen molar-refractivity contribution in [2.45, 2.75) is 6.54 Å². The molecule has 0 unspecified atom stereocenters. The molecule has 0 spiro atoms. The molecule has 12 heteroatoms. The number of amides is 1. The lowest BCUT2D eigenvalue weighted by Crippen LogP contribution is -2.40. The smallest absolute Gasteiger partial charge is 0.449 e. The maximum Gasteiger partial charge on any atom is 0.511 e. The van der Waals surface area contributed by atoms with Crippen LogP contribution in [-0.2, 0) is 11.3 Å². The maximum atomic E-state index is 13.2. The van der Waals surface area contributed by atoms with Crippen molar-refractivity contribution in [1.29, 1.82) is 0 Å². The van der Waals surface area contributed by atoms with Crippen molar-refractivity contribution in [3.05, 3.63) is 85.1 Å². The molecule has 10 nitrogen and oxygen atoms in total. The largest absolute Gasteiger partial charge is 0.511 e. The average molecular weight is 492 g/mol. The first-order valence-corrected chi connectivity index (χ1v) is 10.3. The first kappa shape index (κ1) is 22.4. The number of carboxylic acid groups (broad SMARTS) is 1. The van der Waals surface area contributed by atoms with Crippen LogP contribution in [0.25, 0.3) is 5.69 Å². The predicted molar refractivity (Wildman–Crippen MR) is 119 cm³/mol. The first-order valence-electron chi connectivity index (χ1n) is 9.51. The van der Waals surface area contributed by atoms with Crippen LogP contribution in [0.2, 0.25) is 10.0 Å². The van der Waals surface area contributed by atoms with Crippen LogP contribution in [0.1, 0.15) is 5.56 Å². The summed E-state index contributed by atoms with van der Waals surface area (Å²) in [7, 11) is 0. The molecule has 2 heterocycles. The molecule has 3 aromatic rings. The fraction of sp³-hybridized carbons (Fsp3) is 0.143. The van der Waals surface area contributed by atoms with E-state index in [1.165, 1.54) is 17.0 Å². The SMILES string of the molecule is O=C(O)Oc1cn(-c2ccc(N3CCOC3=O)cc2)c(=O)n(Cc2cccc(Cl)c2Cl)c1=O. The second-order valence-electron chi connectivity index (χ2n) is 6.90. The van der Waals surface area contributed by atoms with E-state index >= 15 is 0 Å². The van der Waals surface area contributed by atoms with Gasteiger partial charge in [0.1, 0.15) is 6.61 Å². The lowest BCUT2D eigenvalue weighted by molar-refractivity contribution is 0.143. The van der Waals surface area contributed by atoms with Crippen LogP contribution in [0.4, 0.5) is 15.3 Å². The molecule has 1 saturated heterocycles. The summed E-state index contributed by atoms with van der Waals surface area (Å²) in [5, 5.41) is 9.41. The Labute approximate surface area is 195 Å². The Morgan fingerprint density at radius 3 is 2.39 bits per heavy atom. The van der Waals surface area contributed by atoms with Gasteiger partial charge in [0, 0.05) is 5.69 Å². The highest BCUT2D eigenvalue weighted by molar-refractivity contribution is 6.42. The lowest BCUT2D eigenvalue weighted by atomic mass is 10.2. The highest BCUT2D eigenvalue weighted by atomic mass is 35.5. The van der Waals surface area contributed by atoms with E-state index in [9.17, 15) is 19.2 Å². The van der Waals surface area contributed by atoms with Crippen LogP contribution in [0.3, 0.4) is 0 Å². The van der Waals surface area contributed by atoms with Crippen molar-refractivity contribution in [2.75, 3.05) is 18.1 Å². The molecule has 1 aromatic heterocycles. The van der Waals surface area contributed by atoms with Crippen molar-refractivity contribution < 1.29 is 24.2 Å². The van der Waals surface area contributed by atoms with Crippen LogP contribution in [-0.4, -0.2) is 39.6 Å². The lowest BCUT2D eigenvalue weighted by Gasteiger charge is -2.15. The van der Waals surface area contributed by atoms with Crippen molar-refractivity contribution in [3.8, 4) is 11.4 Å². The third-order valence-electron chi connectivity index (χ3n) is 4.90. The van der Waals surface area contributed by atoms with E-state index in [1.807, 2.05) is 0 Å². The molecule has 0 radical (unpaired) electrons. The molecule has 1 amide bonds. The number of aromatic nitrogens is 2. The molecule has 0 atom stereocenters. The minimum atomic E-state index is -1.72. The second-order valence-corrected chi connectivity index (χ2v) is 7.69. The number of halogens is 2. The maximum absolute atomic E-state index is 13.2. The van der Waals surface area contributed by atoms with Crippen molar-refractivity contribution in [1.82, 2.24) is 9.13 Å². The van der Waals surface area contributed by atoms with Gasteiger partial charge in [0.25, 0.3) is 5.56 Å². The molecule has 0 aliphatic carbocycles. The molecule has 1 N–H and O–H groups in total. The highest BCUT2D eigenvalue weighted by Crippen LogP contribution is 2.26. The van der Waals surface area contributed by atoms with Crippen molar-refractivity contribution in [3.63, 3.8) is 0 Å². The summed E-state index contributed by atoms with van der Waals surface area (Å²) >= 11 is 12.2. The Morgan fingerprint density at radius 2 is 1.76 bits per heavy atom. The van der Waals surface area contributed by atoms with Gasteiger partial charge in [-0.2, -0.15) is 0 Å². The van der Waals surface area contributed by atoms with Gasteiger partial charge in [0.15, 0.2) is 0 Å². The fourth-order valence-electron chi connectivity index (χ4n) is 3.33. The van der Waals surface area contributed by atoms with E-state index in [1.54, 1.807) is 30.3 Å². The Bertz CT molecular complexity index is 1370. The quantitative estimate of drug-likeness (QED) is 0.543. The van der Waals surface area contributed by atoms with E-state index in [2.05, 4.69) is 4.74 Å². The zero-order chi connectivity index (χ0) is 23.7. The predicted octanol–water partition coefficient (Wildman–Crippen LogP) is 3.37. The minimum Gasteiger partial charge on any atom is -0.449 e. The third kappa shape index (κ3) is 4.43. The van der Waals surface area contributed by atoms with Crippen molar-refractivity contribution >= 4 is 41.1 Å². The van der Waals surface area contributed by atoms with Gasteiger partial charge in [0.2, 0.25) is 5.75 Å². The van der Waals surface area contributed by atoms with Gasteiger partial charge >= 0.3 is 17.9 Å². The monoisotopic (exact) mass is 491 g/mol. The highest BCUT2D eigenvalue weighted by Gasteiger charge is 2.24. The van der Waals surface area contributed by atoms with Crippen LogP contribution >= 0.6 is 23.2 Å². The summed E-state index contributed by atoms with van der Waals surface area (Å²) in [6, 6.07) is 11.0. The number of cyclic esters (lactones) is 1. The summed E-state index contributed by atoms with van der Waals surface area (Å²) in [6.45, 7) is 0.387. The molecule has 1 aliphatic heterocycles. The van der Waals surface area contributed by atoms with Crippen LogP contribution in [0.5, 0.6) is 5.75 Å². The number of nitrogens with zero attached hydrogens (tertiary/aromatic N) is 3. The number of hydrogen-bond donors (Lipinski definition) is 1. The molecule has 0 bridgehead atoms. The Morgan fingerprint density at radius 1 is 1.06 bits per heavy atom. The Balaban J connectivity index is 1.81. The topological polar surface area (TPSA) is 120 Å². The van der Waals surface area contributed by atoms with E-state index in [0.717, 1.165) is 15.3 Å². The number of ether oxygens (including phenoxy) is 2. The Hall–Kier alpha value is -3.76. The van der Waals surface area contributed by atoms with Gasteiger partial charge in [-0.05, 0) is 35.9 Å². The summed E-state index contributed by atoms with van der Waals surface area (Å²) in [4.78, 5) is 50.3. The number of carbonyl (C=O) groups excluding carboxylic acids is 1. The molecule has 1 aliphatic rings. The molecule has 170 valence electrons. The van der Waals surface area contributed by atoms with Gasteiger partial charge in [-0.3, -0.25) is 18.8 Å². The average Bonchev–Trinajstić information content (AvgIpc) is 3.21. The minimum absolute atomic E-state index is 0.156. The molecule has 1 fully saturated rings. The zero-order valence-electron chi connectivity index (χ0n) is 16.7. The van der Waals surface area contributed by atoms with E-state index in [-0.39, 0.29) is 23.2 Å². The molecular formula is C21H15Cl2N3O7. The fourth-order valence-corrected chi connectivity index (χ4v) is 3.71. The summed E-state index contributed by atoms with van der Waals surface area (Å²) in [5.74, 6) is -0.576. The molecule has 0 saturated carbocycles. The summed E-state index contributed by atoms with van der Waals surface area (Å²) < 4.78 is 11.4.